The fraction of sp³-hybridized carbons (Fsp3) is 0.200. The second-order valence-electron chi connectivity index (χ2n) is 4.96. The van der Waals surface area contributed by atoms with Crippen molar-refractivity contribution in [3.8, 4) is 5.75 Å². The summed E-state index contributed by atoms with van der Waals surface area (Å²) < 4.78 is 68.9. The number of hydrogen-bond acceptors (Lipinski definition) is 3. The predicted molar refractivity (Wildman–Crippen MR) is 74.8 cm³/mol. The molecule has 0 aliphatic heterocycles. The SMILES string of the molecule is Cc1cc(C)c(OS(=O)(=O)c2cc(F)c(F)cc2F)c(C)c1. The number of hydrogen-bond donors (Lipinski definition) is 0. The van der Waals surface area contributed by atoms with Crippen LogP contribution >= 0.6 is 0 Å². The minimum atomic E-state index is -4.62. The van der Waals surface area contributed by atoms with E-state index in [1.54, 1.807) is 26.0 Å². The Hall–Kier alpha value is -2.02. The van der Waals surface area contributed by atoms with Gasteiger partial charge >= 0.3 is 10.1 Å². The van der Waals surface area contributed by atoms with Gasteiger partial charge in [0.1, 0.15) is 16.5 Å². The van der Waals surface area contributed by atoms with Crippen molar-refractivity contribution in [3.63, 3.8) is 0 Å². The first-order valence-electron chi connectivity index (χ1n) is 6.28. The summed E-state index contributed by atoms with van der Waals surface area (Å²) in [6.45, 7) is 5.09. The maximum atomic E-state index is 13.6. The number of halogens is 3. The van der Waals surface area contributed by atoms with Gasteiger partial charge in [0.05, 0.1) is 0 Å². The molecule has 118 valence electrons. The molecule has 0 saturated heterocycles. The molecule has 2 aromatic rings. The summed E-state index contributed by atoms with van der Waals surface area (Å²) in [5.41, 5.74) is 1.96. The van der Waals surface area contributed by atoms with Gasteiger partial charge in [-0.05, 0) is 31.9 Å². The average molecular weight is 330 g/mol. The molecule has 0 atom stereocenters. The summed E-state index contributed by atoms with van der Waals surface area (Å²) >= 11 is 0. The van der Waals surface area contributed by atoms with Crippen molar-refractivity contribution in [3.05, 3.63) is 58.4 Å². The van der Waals surface area contributed by atoms with Crippen LogP contribution in [0.15, 0.2) is 29.2 Å². The molecule has 0 bridgehead atoms. The molecule has 2 rings (SSSR count). The fourth-order valence-corrected chi connectivity index (χ4v) is 3.27. The third-order valence-corrected chi connectivity index (χ3v) is 4.28. The van der Waals surface area contributed by atoms with E-state index >= 15 is 0 Å². The van der Waals surface area contributed by atoms with Gasteiger partial charge in [-0.25, -0.2) is 13.2 Å². The highest BCUT2D eigenvalue weighted by atomic mass is 32.2. The van der Waals surface area contributed by atoms with Crippen molar-refractivity contribution >= 4 is 10.1 Å². The Morgan fingerprint density at radius 1 is 0.818 bits per heavy atom. The van der Waals surface area contributed by atoms with E-state index in [1.807, 2.05) is 6.92 Å². The second kappa shape index (κ2) is 5.64. The van der Waals surface area contributed by atoms with Crippen LogP contribution in [-0.2, 0) is 10.1 Å². The molecule has 2 aromatic carbocycles. The molecule has 0 spiro atoms. The summed E-state index contributed by atoms with van der Waals surface area (Å²) in [6, 6.07) is 3.82. The second-order valence-corrected chi connectivity index (χ2v) is 6.48. The van der Waals surface area contributed by atoms with Crippen LogP contribution in [0, 0.1) is 38.2 Å². The van der Waals surface area contributed by atoms with E-state index < -0.39 is 32.5 Å². The van der Waals surface area contributed by atoms with E-state index in [9.17, 15) is 21.6 Å². The van der Waals surface area contributed by atoms with Gasteiger partial charge in [-0.3, -0.25) is 0 Å². The Balaban J connectivity index is 2.52. The lowest BCUT2D eigenvalue weighted by molar-refractivity contribution is 0.458. The van der Waals surface area contributed by atoms with Gasteiger partial charge in [-0.15, -0.1) is 0 Å². The molecule has 0 saturated carbocycles. The van der Waals surface area contributed by atoms with Gasteiger partial charge in [-0.1, -0.05) is 17.7 Å². The van der Waals surface area contributed by atoms with Crippen LogP contribution in [0.1, 0.15) is 16.7 Å². The van der Waals surface area contributed by atoms with Crippen molar-refractivity contribution in [1.29, 1.82) is 0 Å². The van der Waals surface area contributed by atoms with Gasteiger partial charge in [0, 0.05) is 12.1 Å². The minimum Gasteiger partial charge on any atom is -0.378 e. The first-order valence-corrected chi connectivity index (χ1v) is 7.69. The summed E-state index contributed by atoms with van der Waals surface area (Å²) in [4.78, 5) is -1.05. The highest BCUT2D eigenvalue weighted by Crippen LogP contribution is 2.29. The van der Waals surface area contributed by atoms with Gasteiger partial charge in [-0.2, -0.15) is 8.42 Å². The van der Waals surface area contributed by atoms with Crippen molar-refractivity contribution in [2.45, 2.75) is 25.7 Å². The van der Waals surface area contributed by atoms with E-state index in [1.165, 1.54) is 0 Å². The molecule has 0 heterocycles. The molecule has 0 amide bonds. The maximum Gasteiger partial charge on any atom is 0.342 e. The van der Waals surface area contributed by atoms with Crippen molar-refractivity contribution < 1.29 is 25.8 Å². The Bertz CT molecular complexity index is 822. The largest absolute Gasteiger partial charge is 0.378 e. The molecule has 0 aromatic heterocycles. The van der Waals surface area contributed by atoms with E-state index in [4.69, 9.17) is 4.18 Å². The number of rotatable bonds is 3. The third kappa shape index (κ3) is 3.09. The zero-order valence-corrected chi connectivity index (χ0v) is 12.9. The highest BCUT2D eigenvalue weighted by molar-refractivity contribution is 7.87. The number of aryl methyl sites for hydroxylation is 3. The summed E-state index contributed by atoms with van der Waals surface area (Å²) in [5, 5.41) is 0. The van der Waals surface area contributed by atoms with Gasteiger partial charge in [0.25, 0.3) is 0 Å². The van der Waals surface area contributed by atoms with Crippen LogP contribution in [0.4, 0.5) is 13.2 Å². The van der Waals surface area contributed by atoms with Crippen molar-refractivity contribution in [1.82, 2.24) is 0 Å². The van der Waals surface area contributed by atoms with Gasteiger partial charge < -0.3 is 4.18 Å². The van der Waals surface area contributed by atoms with E-state index in [0.29, 0.717) is 11.1 Å². The lowest BCUT2D eigenvalue weighted by atomic mass is 10.1. The molecule has 0 fully saturated rings. The molecule has 0 N–H and O–H groups in total. The predicted octanol–water partition coefficient (Wildman–Crippen LogP) is 3.80. The quantitative estimate of drug-likeness (QED) is 0.635. The third-order valence-electron chi connectivity index (χ3n) is 3.04. The van der Waals surface area contributed by atoms with E-state index in [-0.39, 0.29) is 17.9 Å². The summed E-state index contributed by atoms with van der Waals surface area (Å²) in [5.74, 6) is -4.32. The van der Waals surface area contributed by atoms with Crippen molar-refractivity contribution in [2.24, 2.45) is 0 Å². The van der Waals surface area contributed by atoms with E-state index in [0.717, 1.165) is 5.56 Å². The average Bonchev–Trinajstić information content (AvgIpc) is 2.38. The molecule has 7 heteroatoms. The van der Waals surface area contributed by atoms with Crippen molar-refractivity contribution in [2.75, 3.05) is 0 Å². The number of benzene rings is 2. The molecule has 0 aliphatic rings. The minimum absolute atomic E-state index is 0.0368. The Labute approximate surface area is 126 Å². The Morgan fingerprint density at radius 3 is 1.86 bits per heavy atom. The molecule has 0 aliphatic carbocycles. The first-order chi connectivity index (χ1) is 10.1. The summed E-state index contributed by atoms with van der Waals surface area (Å²) in [7, 11) is -4.62. The first kappa shape index (κ1) is 16.4. The Morgan fingerprint density at radius 2 is 1.32 bits per heavy atom. The van der Waals surface area contributed by atoms with E-state index in [2.05, 4.69) is 0 Å². The van der Waals surface area contributed by atoms with Crippen LogP contribution in [0.2, 0.25) is 0 Å². The Kier molecular flexibility index (Phi) is 4.19. The zero-order valence-electron chi connectivity index (χ0n) is 12.1. The maximum absolute atomic E-state index is 13.6. The van der Waals surface area contributed by atoms with Crippen LogP contribution in [-0.4, -0.2) is 8.42 Å². The topological polar surface area (TPSA) is 43.4 Å². The lowest BCUT2D eigenvalue weighted by Gasteiger charge is -2.13. The molecule has 0 radical (unpaired) electrons. The zero-order chi connectivity index (χ0) is 16.7. The smallest absolute Gasteiger partial charge is 0.342 e. The summed E-state index contributed by atoms with van der Waals surface area (Å²) in [6.07, 6.45) is 0. The van der Waals surface area contributed by atoms with Gasteiger partial charge in [0.15, 0.2) is 11.6 Å². The molecule has 3 nitrogen and oxygen atoms in total. The van der Waals surface area contributed by atoms with Crippen LogP contribution in [0.25, 0.3) is 0 Å². The normalized spacial score (nSPS) is 11.5. The van der Waals surface area contributed by atoms with Crippen LogP contribution in [0.5, 0.6) is 5.75 Å². The lowest BCUT2D eigenvalue weighted by Crippen LogP contribution is -2.14. The fourth-order valence-electron chi connectivity index (χ4n) is 2.15. The standard InChI is InChI=1S/C15H13F3O3S/c1-8-4-9(2)15(10(3)5-8)21-22(19,20)14-7-12(17)11(16)6-13(14)18/h4-7H,1-3H3. The van der Waals surface area contributed by atoms with Crippen LogP contribution < -0.4 is 4.18 Å². The molecule has 0 unspecified atom stereocenters. The molecule has 22 heavy (non-hydrogen) atoms. The monoisotopic (exact) mass is 330 g/mol. The molecular weight excluding hydrogens is 317 g/mol. The van der Waals surface area contributed by atoms with Gasteiger partial charge in [0.2, 0.25) is 0 Å². The van der Waals surface area contributed by atoms with Crippen LogP contribution in [0.3, 0.4) is 0 Å². The molecular formula is C15H13F3O3S. The highest BCUT2D eigenvalue weighted by Gasteiger charge is 2.25.